The lowest BCUT2D eigenvalue weighted by atomic mass is 10.0. The number of aromatic nitrogens is 3. The maximum absolute atomic E-state index is 12.5. The molecule has 1 heterocycles. The van der Waals surface area contributed by atoms with Gasteiger partial charge in [0.15, 0.2) is 11.6 Å². The Morgan fingerprint density at radius 3 is 2.54 bits per heavy atom. The van der Waals surface area contributed by atoms with Crippen LogP contribution in [0.2, 0.25) is 0 Å². The van der Waals surface area contributed by atoms with Crippen LogP contribution >= 0.6 is 0 Å². The lowest BCUT2D eigenvalue weighted by Gasteiger charge is -2.15. The van der Waals surface area contributed by atoms with Crippen LogP contribution in [0.15, 0.2) is 54.9 Å². The molecule has 26 heavy (non-hydrogen) atoms. The number of hydrogen-bond acceptors (Lipinski definition) is 6. The van der Waals surface area contributed by atoms with Crippen LogP contribution in [-0.2, 0) is 7.05 Å². The second-order valence-electron chi connectivity index (χ2n) is 5.85. The first kappa shape index (κ1) is 17.3. The molecule has 0 aliphatic rings. The molecule has 1 aromatic heterocycles. The molecule has 0 unspecified atom stereocenters. The standard InChI is InChI=1S/C18H17N5O3/c1-12(18-21-19-11-22(18)2)20-15-9-8-14(10-16(15)23(25)26)17(24)13-6-4-3-5-7-13/h3-12,20H,1-2H3/t12-/m0/s1. The smallest absolute Gasteiger partial charge is 0.293 e. The number of carbonyl (C=O) groups is 1. The second-order valence-corrected chi connectivity index (χ2v) is 5.85. The van der Waals surface area contributed by atoms with E-state index in [1.54, 1.807) is 60.4 Å². The Hall–Kier alpha value is -3.55. The Morgan fingerprint density at radius 2 is 1.92 bits per heavy atom. The molecule has 3 aromatic rings. The predicted octanol–water partition coefficient (Wildman–Crippen LogP) is 3.13. The molecule has 0 saturated heterocycles. The highest BCUT2D eigenvalue weighted by atomic mass is 16.6. The number of hydrogen-bond donors (Lipinski definition) is 1. The lowest BCUT2D eigenvalue weighted by molar-refractivity contribution is -0.384. The normalized spacial score (nSPS) is 11.8. The van der Waals surface area contributed by atoms with Crippen molar-refractivity contribution in [2.75, 3.05) is 5.32 Å². The summed E-state index contributed by atoms with van der Waals surface area (Å²) in [4.78, 5) is 23.5. The molecule has 0 spiro atoms. The molecule has 8 heteroatoms. The minimum Gasteiger partial charge on any atom is -0.370 e. The van der Waals surface area contributed by atoms with Crippen LogP contribution in [0, 0.1) is 10.1 Å². The van der Waals surface area contributed by atoms with Gasteiger partial charge in [0.2, 0.25) is 0 Å². The molecule has 1 atom stereocenters. The van der Waals surface area contributed by atoms with Crippen molar-refractivity contribution >= 4 is 17.2 Å². The summed E-state index contributed by atoms with van der Waals surface area (Å²) in [6.45, 7) is 1.83. The van der Waals surface area contributed by atoms with E-state index in [0.717, 1.165) is 0 Å². The number of nitrogens with one attached hydrogen (secondary N) is 1. The van der Waals surface area contributed by atoms with Crippen LogP contribution in [0.4, 0.5) is 11.4 Å². The van der Waals surface area contributed by atoms with Gasteiger partial charge >= 0.3 is 0 Å². The van der Waals surface area contributed by atoms with E-state index in [-0.39, 0.29) is 23.1 Å². The summed E-state index contributed by atoms with van der Waals surface area (Å²) in [7, 11) is 1.80. The van der Waals surface area contributed by atoms with Crippen LogP contribution in [0.25, 0.3) is 0 Å². The van der Waals surface area contributed by atoms with Crippen LogP contribution in [0.3, 0.4) is 0 Å². The summed E-state index contributed by atoms with van der Waals surface area (Å²) in [5.74, 6) is 0.380. The van der Waals surface area contributed by atoms with Crippen molar-refractivity contribution < 1.29 is 9.72 Å². The van der Waals surface area contributed by atoms with Crippen molar-refractivity contribution in [2.24, 2.45) is 7.05 Å². The maximum atomic E-state index is 12.5. The Kier molecular flexibility index (Phi) is 4.74. The van der Waals surface area contributed by atoms with E-state index in [1.807, 2.05) is 6.92 Å². The molecule has 0 aliphatic heterocycles. The fourth-order valence-electron chi connectivity index (χ4n) is 2.68. The molecule has 0 fully saturated rings. The van der Waals surface area contributed by atoms with Gasteiger partial charge in [-0.1, -0.05) is 30.3 Å². The first-order chi connectivity index (χ1) is 12.5. The molecule has 8 nitrogen and oxygen atoms in total. The fourth-order valence-corrected chi connectivity index (χ4v) is 2.68. The summed E-state index contributed by atoms with van der Waals surface area (Å²) in [6, 6.07) is 12.8. The molecule has 0 radical (unpaired) electrons. The summed E-state index contributed by atoms with van der Waals surface area (Å²) >= 11 is 0. The zero-order valence-corrected chi connectivity index (χ0v) is 14.3. The molecule has 1 N–H and O–H groups in total. The minimum atomic E-state index is -0.506. The Morgan fingerprint density at radius 1 is 1.19 bits per heavy atom. The first-order valence-corrected chi connectivity index (χ1v) is 7.96. The summed E-state index contributed by atoms with van der Waals surface area (Å²) in [6.07, 6.45) is 1.56. The van der Waals surface area contributed by atoms with Gasteiger partial charge in [-0.25, -0.2) is 0 Å². The number of carbonyl (C=O) groups excluding carboxylic acids is 1. The van der Waals surface area contributed by atoms with Crippen LogP contribution in [-0.4, -0.2) is 25.5 Å². The van der Waals surface area contributed by atoms with E-state index in [4.69, 9.17) is 0 Å². The average Bonchev–Trinajstić information content (AvgIpc) is 3.08. The van der Waals surface area contributed by atoms with Gasteiger partial charge in [-0.05, 0) is 19.1 Å². The van der Waals surface area contributed by atoms with E-state index in [1.165, 1.54) is 6.07 Å². The van der Waals surface area contributed by atoms with Crippen LogP contribution < -0.4 is 5.32 Å². The lowest BCUT2D eigenvalue weighted by Crippen LogP contribution is -2.13. The van der Waals surface area contributed by atoms with Gasteiger partial charge in [0.25, 0.3) is 5.69 Å². The molecular weight excluding hydrogens is 334 g/mol. The van der Waals surface area contributed by atoms with Gasteiger partial charge < -0.3 is 9.88 Å². The van der Waals surface area contributed by atoms with Gasteiger partial charge in [-0.2, -0.15) is 0 Å². The Labute approximate surface area is 149 Å². The molecule has 132 valence electrons. The number of rotatable bonds is 6. The average molecular weight is 351 g/mol. The molecule has 0 amide bonds. The van der Waals surface area contributed by atoms with Crippen LogP contribution in [0.5, 0.6) is 0 Å². The summed E-state index contributed by atoms with van der Waals surface area (Å²) in [5.41, 5.74) is 0.894. The van der Waals surface area contributed by atoms with E-state index < -0.39 is 4.92 Å². The number of nitrogens with zero attached hydrogens (tertiary/aromatic N) is 4. The van der Waals surface area contributed by atoms with Crippen molar-refractivity contribution in [3.8, 4) is 0 Å². The number of aryl methyl sites for hydroxylation is 1. The maximum Gasteiger partial charge on any atom is 0.293 e. The highest BCUT2D eigenvalue weighted by molar-refractivity contribution is 6.09. The number of benzene rings is 2. The largest absolute Gasteiger partial charge is 0.370 e. The molecule has 3 rings (SSSR count). The SMILES string of the molecule is C[C@H](Nc1ccc(C(=O)c2ccccc2)cc1[N+](=O)[O-])c1nncn1C. The number of nitro benzene ring substituents is 1. The number of nitro groups is 1. The van der Waals surface area contributed by atoms with Crippen molar-refractivity contribution in [2.45, 2.75) is 13.0 Å². The van der Waals surface area contributed by atoms with Gasteiger partial charge in [0.1, 0.15) is 12.0 Å². The first-order valence-electron chi connectivity index (χ1n) is 7.96. The summed E-state index contributed by atoms with van der Waals surface area (Å²) in [5, 5.41) is 22.4. The zero-order chi connectivity index (χ0) is 18.7. The molecule has 0 bridgehead atoms. The van der Waals surface area contributed by atoms with Crippen molar-refractivity contribution in [3.63, 3.8) is 0 Å². The van der Waals surface area contributed by atoms with E-state index in [0.29, 0.717) is 17.1 Å². The minimum absolute atomic E-state index is 0.166. The molecular formula is C18H17N5O3. The third kappa shape index (κ3) is 3.44. The van der Waals surface area contributed by atoms with Crippen molar-refractivity contribution in [3.05, 3.63) is 81.9 Å². The van der Waals surface area contributed by atoms with Crippen molar-refractivity contribution in [1.82, 2.24) is 14.8 Å². The van der Waals surface area contributed by atoms with Gasteiger partial charge in [-0.3, -0.25) is 14.9 Å². The van der Waals surface area contributed by atoms with E-state index in [2.05, 4.69) is 15.5 Å². The van der Waals surface area contributed by atoms with Crippen molar-refractivity contribution in [1.29, 1.82) is 0 Å². The quantitative estimate of drug-likeness (QED) is 0.416. The Bertz CT molecular complexity index is 952. The van der Waals surface area contributed by atoms with E-state index in [9.17, 15) is 14.9 Å². The van der Waals surface area contributed by atoms with Gasteiger partial charge in [0.05, 0.1) is 11.0 Å². The second kappa shape index (κ2) is 7.14. The van der Waals surface area contributed by atoms with Gasteiger partial charge in [-0.15, -0.1) is 10.2 Å². The third-order valence-corrected chi connectivity index (χ3v) is 4.00. The fraction of sp³-hybridized carbons (Fsp3) is 0.167. The van der Waals surface area contributed by atoms with Gasteiger partial charge in [0, 0.05) is 24.2 Å². The highest BCUT2D eigenvalue weighted by Gasteiger charge is 2.21. The number of ketones is 1. The Balaban J connectivity index is 1.91. The molecule has 0 saturated carbocycles. The topological polar surface area (TPSA) is 103 Å². The van der Waals surface area contributed by atoms with E-state index >= 15 is 0 Å². The third-order valence-electron chi connectivity index (χ3n) is 4.00. The summed E-state index contributed by atoms with van der Waals surface area (Å²) < 4.78 is 1.73. The molecule has 0 aliphatic carbocycles. The number of anilines is 1. The monoisotopic (exact) mass is 351 g/mol. The predicted molar refractivity (Wildman–Crippen MR) is 96.0 cm³/mol. The molecule has 2 aromatic carbocycles. The zero-order valence-electron chi connectivity index (χ0n) is 14.3. The van der Waals surface area contributed by atoms with Crippen LogP contribution in [0.1, 0.15) is 34.7 Å². The highest BCUT2D eigenvalue weighted by Crippen LogP contribution is 2.29.